The molecule has 25 heavy (non-hydrogen) atoms. The van der Waals surface area contributed by atoms with Crippen molar-refractivity contribution in [2.24, 2.45) is 0 Å². The number of nitrogen functional groups attached to an aromatic ring is 1. The van der Waals surface area contributed by atoms with E-state index in [1.165, 1.54) is 13.8 Å². The fourth-order valence-corrected chi connectivity index (χ4v) is 2.58. The first kappa shape index (κ1) is 15.3. The Kier molecular flexibility index (Phi) is 3.31. The van der Waals surface area contributed by atoms with Crippen LogP contribution < -0.4 is 11.1 Å². The van der Waals surface area contributed by atoms with Crippen LogP contribution in [0.1, 0.15) is 13.8 Å². The van der Waals surface area contributed by atoms with Gasteiger partial charge >= 0.3 is 0 Å². The van der Waals surface area contributed by atoms with Gasteiger partial charge < -0.3 is 11.1 Å². The molecule has 8 nitrogen and oxygen atoms in total. The van der Waals surface area contributed by atoms with Crippen LogP contribution in [0.25, 0.3) is 22.4 Å². The first-order chi connectivity index (χ1) is 11.9. The molecule has 0 fully saturated rings. The second kappa shape index (κ2) is 5.40. The molecule has 0 radical (unpaired) electrons. The Bertz CT molecular complexity index is 1060. The quantitative estimate of drug-likeness (QED) is 0.591. The van der Waals surface area contributed by atoms with Crippen molar-refractivity contribution >= 4 is 22.9 Å². The van der Waals surface area contributed by atoms with Gasteiger partial charge in [-0.2, -0.15) is 10.1 Å². The topological polar surface area (TPSA) is 98.4 Å². The van der Waals surface area contributed by atoms with Crippen LogP contribution in [-0.4, -0.2) is 41.4 Å². The van der Waals surface area contributed by atoms with Crippen molar-refractivity contribution in [1.29, 1.82) is 0 Å². The van der Waals surface area contributed by atoms with Gasteiger partial charge in [0.15, 0.2) is 11.5 Å². The van der Waals surface area contributed by atoms with Crippen molar-refractivity contribution < 1.29 is 4.39 Å². The Morgan fingerprint density at radius 2 is 2.00 bits per heavy atom. The second-order valence-corrected chi connectivity index (χ2v) is 6.36. The van der Waals surface area contributed by atoms with Crippen LogP contribution in [0, 0.1) is 0 Å². The molecule has 0 saturated heterocycles. The molecule has 3 N–H and O–H groups in total. The number of halogens is 1. The van der Waals surface area contributed by atoms with Crippen LogP contribution in [0.3, 0.4) is 0 Å². The third-order valence-corrected chi connectivity index (χ3v) is 3.74. The largest absolute Gasteiger partial charge is 0.382 e. The smallest absolute Gasteiger partial charge is 0.243 e. The number of anilines is 2. The van der Waals surface area contributed by atoms with Crippen molar-refractivity contribution in [3.8, 4) is 11.3 Å². The third-order valence-electron chi connectivity index (χ3n) is 3.74. The molecule has 0 aliphatic heterocycles. The van der Waals surface area contributed by atoms with Crippen molar-refractivity contribution in [2.75, 3.05) is 17.6 Å². The summed E-state index contributed by atoms with van der Waals surface area (Å²) in [5, 5.41) is 11.7. The van der Waals surface area contributed by atoms with Crippen LogP contribution in [0.15, 0.2) is 36.8 Å². The highest BCUT2D eigenvalue weighted by atomic mass is 19.1. The number of nitrogens with one attached hydrogen (secondary N) is 1. The van der Waals surface area contributed by atoms with Crippen LogP contribution >= 0.6 is 0 Å². The molecule has 0 amide bonds. The number of imidazole rings is 1. The van der Waals surface area contributed by atoms with E-state index in [0.717, 1.165) is 16.9 Å². The molecule has 4 rings (SSSR count). The number of hydrogen-bond acceptors (Lipinski definition) is 6. The van der Waals surface area contributed by atoms with Crippen molar-refractivity contribution in [3.63, 3.8) is 0 Å². The van der Waals surface area contributed by atoms with Crippen LogP contribution in [0.4, 0.5) is 16.2 Å². The second-order valence-electron chi connectivity index (χ2n) is 6.36. The van der Waals surface area contributed by atoms with Gasteiger partial charge in [0, 0.05) is 24.2 Å². The molecular formula is C16H17FN8. The fraction of sp³-hybridized carbons (Fsp3) is 0.250. The minimum Gasteiger partial charge on any atom is -0.382 e. The van der Waals surface area contributed by atoms with Gasteiger partial charge in [0.25, 0.3) is 0 Å². The van der Waals surface area contributed by atoms with E-state index in [4.69, 9.17) is 5.73 Å². The predicted octanol–water partition coefficient (Wildman–Crippen LogP) is 2.18. The van der Waals surface area contributed by atoms with Crippen LogP contribution in [0.2, 0.25) is 0 Å². The van der Waals surface area contributed by atoms with Crippen molar-refractivity contribution in [2.45, 2.75) is 19.5 Å². The Hall–Kier alpha value is -3.23. The van der Waals surface area contributed by atoms with Gasteiger partial charge in [-0.1, -0.05) is 0 Å². The maximum atomic E-state index is 13.6. The Balaban J connectivity index is 1.76. The zero-order valence-corrected chi connectivity index (χ0v) is 13.8. The minimum absolute atomic E-state index is 0.0882. The monoisotopic (exact) mass is 340 g/mol. The number of nitrogens with two attached hydrogens (primary N) is 1. The van der Waals surface area contributed by atoms with Gasteiger partial charge in [0.1, 0.15) is 11.2 Å². The normalized spacial score (nSPS) is 12.1. The zero-order valence-electron chi connectivity index (χ0n) is 13.8. The van der Waals surface area contributed by atoms with Gasteiger partial charge in [-0.25, -0.2) is 18.4 Å². The lowest BCUT2D eigenvalue weighted by atomic mass is 10.2. The molecule has 0 bridgehead atoms. The number of alkyl halides is 1. The van der Waals surface area contributed by atoms with E-state index in [0.29, 0.717) is 11.3 Å². The van der Waals surface area contributed by atoms with Gasteiger partial charge in [-0.15, -0.1) is 5.10 Å². The van der Waals surface area contributed by atoms with Crippen molar-refractivity contribution in [1.82, 2.24) is 29.2 Å². The Labute approximate surface area is 142 Å². The molecule has 128 valence electrons. The molecule has 0 aliphatic rings. The van der Waals surface area contributed by atoms with Gasteiger partial charge in [0.05, 0.1) is 12.2 Å². The van der Waals surface area contributed by atoms with E-state index in [-0.39, 0.29) is 12.5 Å². The molecule has 0 saturated carbocycles. The average molecular weight is 340 g/mol. The lowest BCUT2D eigenvalue weighted by Gasteiger charge is -2.15. The van der Waals surface area contributed by atoms with E-state index < -0.39 is 5.67 Å². The molecule has 9 heteroatoms. The highest BCUT2D eigenvalue weighted by molar-refractivity contribution is 5.86. The molecule has 0 atom stereocenters. The summed E-state index contributed by atoms with van der Waals surface area (Å²) in [5.74, 6) is 0.567. The lowest BCUT2D eigenvalue weighted by Crippen LogP contribution is -2.25. The summed E-state index contributed by atoms with van der Waals surface area (Å²) in [4.78, 5) is 8.42. The van der Waals surface area contributed by atoms with Gasteiger partial charge in [-0.3, -0.25) is 0 Å². The molecule has 4 heterocycles. The first-order valence-corrected chi connectivity index (χ1v) is 7.79. The van der Waals surface area contributed by atoms with E-state index in [9.17, 15) is 4.39 Å². The van der Waals surface area contributed by atoms with Crippen LogP contribution in [-0.2, 0) is 0 Å². The number of nitrogens with zero attached hydrogens (tertiary/aromatic N) is 6. The third kappa shape index (κ3) is 2.84. The number of aromatic nitrogens is 6. The van der Waals surface area contributed by atoms with E-state index in [1.54, 1.807) is 27.6 Å². The molecule has 0 spiro atoms. The van der Waals surface area contributed by atoms with Gasteiger partial charge in [0.2, 0.25) is 5.95 Å². The predicted molar refractivity (Wildman–Crippen MR) is 93.1 cm³/mol. The standard InChI is InChI=1S/C16H17FN8/c1-16(2,17)9-20-15-21-14(18)13-10(5-7-25(13)23-15)11-3-4-12-19-6-8-24(12)22-11/h3-8H,9H2,1-2H3,(H3,18,20,21,23). The molecule has 0 unspecified atom stereocenters. The van der Waals surface area contributed by atoms with E-state index in [2.05, 4.69) is 25.5 Å². The van der Waals surface area contributed by atoms with E-state index in [1.807, 2.05) is 18.2 Å². The van der Waals surface area contributed by atoms with Crippen molar-refractivity contribution in [3.05, 3.63) is 36.8 Å². The highest BCUT2D eigenvalue weighted by Crippen LogP contribution is 2.27. The minimum atomic E-state index is -1.38. The summed E-state index contributed by atoms with van der Waals surface area (Å²) in [6, 6.07) is 5.62. The number of fused-ring (bicyclic) bond motifs is 2. The van der Waals surface area contributed by atoms with Gasteiger partial charge in [-0.05, 0) is 32.0 Å². The molecule has 0 aliphatic carbocycles. The molecule has 4 aromatic rings. The van der Waals surface area contributed by atoms with E-state index >= 15 is 0 Å². The SMILES string of the molecule is CC(C)(F)CNc1nc(N)c2c(-c3ccc4nccn4n3)ccn2n1. The lowest BCUT2D eigenvalue weighted by molar-refractivity contribution is 0.234. The summed E-state index contributed by atoms with van der Waals surface area (Å²) in [5.41, 5.74) is 7.70. The summed E-state index contributed by atoms with van der Waals surface area (Å²) >= 11 is 0. The summed E-state index contributed by atoms with van der Waals surface area (Å²) in [6.45, 7) is 3.05. The molecule has 4 aromatic heterocycles. The fourth-order valence-electron chi connectivity index (χ4n) is 2.58. The maximum Gasteiger partial charge on any atom is 0.243 e. The maximum absolute atomic E-state index is 13.6. The summed E-state index contributed by atoms with van der Waals surface area (Å²) < 4.78 is 16.9. The molecule has 0 aromatic carbocycles. The highest BCUT2D eigenvalue weighted by Gasteiger charge is 2.17. The summed E-state index contributed by atoms with van der Waals surface area (Å²) in [7, 11) is 0. The average Bonchev–Trinajstić information content (AvgIpc) is 3.18. The zero-order chi connectivity index (χ0) is 17.6. The number of rotatable bonds is 4. The number of hydrogen-bond donors (Lipinski definition) is 2. The summed E-state index contributed by atoms with van der Waals surface area (Å²) in [6.07, 6.45) is 5.23. The molecular weight excluding hydrogens is 323 g/mol. The first-order valence-electron chi connectivity index (χ1n) is 7.79. The Morgan fingerprint density at radius 3 is 2.80 bits per heavy atom. The van der Waals surface area contributed by atoms with Crippen LogP contribution in [0.5, 0.6) is 0 Å². The Morgan fingerprint density at radius 1 is 1.16 bits per heavy atom.